The largest absolute Gasteiger partial charge is 0.472 e. The molecule has 0 heterocycles. The normalized spacial score (nSPS) is 13.9. The maximum absolute atomic E-state index is 11.6. The van der Waals surface area contributed by atoms with Gasteiger partial charge in [-0.2, -0.15) is 13.2 Å². The molecular weight excluding hydrogens is 189 g/mol. The summed E-state index contributed by atoms with van der Waals surface area (Å²) in [4.78, 5) is 10.2. The molecule has 5 nitrogen and oxygen atoms in total. The van der Waals surface area contributed by atoms with Gasteiger partial charge in [0.1, 0.15) is 0 Å². The van der Waals surface area contributed by atoms with Crippen LogP contribution in [0.4, 0.5) is 13.2 Å². The summed E-state index contributed by atoms with van der Waals surface area (Å²) >= 11 is 0. The summed E-state index contributed by atoms with van der Waals surface area (Å²) in [5.41, 5.74) is 8.63. The van der Waals surface area contributed by atoms with E-state index < -0.39 is 18.2 Å². The van der Waals surface area contributed by atoms with Gasteiger partial charge >= 0.3 is 12.1 Å². The summed E-state index contributed by atoms with van der Waals surface area (Å²) in [7, 11) is 1.58. The second-order valence-corrected chi connectivity index (χ2v) is 2.26. The van der Waals surface area contributed by atoms with E-state index in [-0.39, 0.29) is 6.54 Å². The van der Waals surface area contributed by atoms with Crippen molar-refractivity contribution >= 4 is 5.91 Å². The molecular formula is C5H11F3N4O. The monoisotopic (exact) mass is 200 g/mol. The summed E-state index contributed by atoms with van der Waals surface area (Å²) in [6.07, 6.45) is -5.66. The first kappa shape index (κ1) is 12.1. The third-order valence-corrected chi connectivity index (χ3v) is 1.05. The molecule has 78 valence electrons. The Morgan fingerprint density at radius 3 is 2.46 bits per heavy atom. The molecule has 0 aliphatic carbocycles. The minimum absolute atomic E-state index is 0.234. The summed E-state index contributed by atoms with van der Waals surface area (Å²) in [5, 5.41) is 2.61. The summed E-state index contributed by atoms with van der Waals surface area (Å²) < 4.78 is 34.7. The number of carbonyl (C=O) groups excluding carboxylic acids is 1. The zero-order valence-corrected chi connectivity index (χ0v) is 6.90. The molecule has 0 aliphatic rings. The van der Waals surface area contributed by atoms with E-state index in [9.17, 15) is 18.0 Å². The first-order chi connectivity index (χ1) is 5.88. The Bertz CT molecular complexity index is 172. The van der Waals surface area contributed by atoms with Crippen molar-refractivity contribution in [3.05, 3.63) is 0 Å². The van der Waals surface area contributed by atoms with Crippen LogP contribution in [0.15, 0.2) is 0 Å². The van der Waals surface area contributed by atoms with E-state index in [1.807, 2.05) is 5.43 Å². The average molecular weight is 200 g/mol. The number of nitrogens with two attached hydrogens (primary N) is 1. The Morgan fingerprint density at radius 2 is 2.08 bits per heavy atom. The lowest BCUT2D eigenvalue weighted by Crippen LogP contribution is -2.55. The van der Waals surface area contributed by atoms with Crippen LogP contribution in [0, 0.1) is 0 Å². The van der Waals surface area contributed by atoms with Crippen LogP contribution in [0.25, 0.3) is 0 Å². The van der Waals surface area contributed by atoms with Gasteiger partial charge < -0.3 is 11.1 Å². The second-order valence-electron chi connectivity index (χ2n) is 2.26. The van der Waals surface area contributed by atoms with Crippen LogP contribution in [0.5, 0.6) is 0 Å². The van der Waals surface area contributed by atoms with Crippen LogP contribution in [-0.4, -0.2) is 31.8 Å². The maximum Gasteiger partial charge on any atom is 0.472 e. The van der Waals surface area contributed by atoms with Crippen LogP contribution >= 0.6 is 0 Å². The van der Waals surface area contributed by atoms with Gasteiger partial charge in [-0.3, -0.25) is 10.2 Å². The van der Waals surface area contributed by atoms with Crippen LogP contribution < -0.4 is 21.9 Å². The van der Waals surface area contributed by atoms with Crippen molar-refractivity contribution in [3.8, 4) is 0 Å². The fourth-order valence-electron chi connectivity index (χ4n) is 0.500. The number of alkyl halides is 3. The topological polar surface area (TPSA) is 79.2 Å². The molecule has 8 heteroatoms. The molecule has 0 saturated heterocycles. The van der Waals surface area contributed by atoms with Crippen LogP contribution in [-0.2, 0) is 4.79 Å². The van der Waals surface area contributed by atoms with Crippen molar-refractivity contribution in [3.63, 3.8) is 0 Å². The lowest BCUT2D eigenvalue weighted by Gasteiger charge is -2.14. The zero-order valence-electron chi connectivity index (χ0n) is 6.90. The average Bonchev–Trinajstić information content (AvgIpc) is 1.99. The highest BCUT2D eigenvalue weighted by Crippen LogP contribution is 2.13. The van der Waals surface area contributed by atoms with E-state index >= 15 is 0 Å². The molecule has 0 aromatic heterocycles. The van der Waals surface area contributed by atoms with Crippen molar-refractivity contribution < 1.29 is 18.0 Å². The minimum atomic E-state index is -4.90. The molecule has 0 aromatic carbocycles. The maximum atomic E-state index is 11.6. The molecule has 5 N–H and O–H groups in total. The number of nitrogens with one attached hydrogen (secondary N) is 3. The number of amides is 1. The predicted octanol–water partition coefficient (Wildman–Crippen LogP) is -1.33. The molecule has 1 amide bonds. The molecule has 0 fully saturated rings. The number of hydrogen-bond acceptors (Lipinski definition) is 4. The Morgan fingerprint density at radius 1 is 1.54 bits per heavy atom. The standard InChI is InChI=1S/C5H11F3N4O/c1-10-2-3(9)11-12-4(13)5(6,7)8/h3,10-11H,2,9H2,1H3,(H,12,13). The SMILES string of the molecule is CNCC(N)NNC(=O)C(F)(F)F. The summed E-state index contributed by atoms with van der Waals surface area (Å²) in [5.74, 6) is -2.07. The van der Waals surface area contributed by atoms with Crippen LogP contribution in [0.1, 0.15) is 0 Å². The van der Waals surface area contributed by atoms with Crippen molar-refractivity contribution in [2.75, 3.05) is 13.6 Å². The van der Waals surface area contributed by atoms with Crippen LogP contribution in [0.3, 0.4) is 0 Å². The Labute approximate surface area is 72.8 Å². The smallest absolute Gasteiger partial charge is 0.317 e. The predicted molar refractivity (Wildman–Crippen MR) is 39.2 cm³/mol. The van der Waals surface area contributed by atoms with Gasteiger partial charge in [-0.05, 0) is 7.05 Å². The molecule has 0 saturated carbocycles. The molecule has 0 spiro atoms. The van der Waals surface area contributed by atoms with E-state index in [2.05, 4.69) is 5.32 Å². The van der Waals surface area contributed by atoms with Gasteiger partial charge in [0.2, 0.25) is 0 Å². The molecule has 0 rings (SSSR count). The van der Waals surface area contributed by atoms with Gasteiger partial charge in [0.05, 0.1) is 6.17 Å². The van der Waals surface area contributed by atoms with E-state index in [1.165, 1.54) is 5.43 Å². The first-order valence-corrected chi connectivity index (χ1v) is 3.40. The lowest BCUT2D eigenvalue weighted by molar-refractivity contribution is -0.174. The fourth-order valence-corrected chi connectivity index (χ4v) is 0.500. The molecule has 0 aliphatic heterocycles. The van der Waals surface area contributed by atoms with E-state index in [1.54, 1.807) is 7.05 Å². The first-order valence-electron chi connectivity index (χ1n) is 3.40. The minimum Gasteiger partial charge on any atom is -0.317 e. The molecule has 0 aromatic rings. The van der Waals surface area contributed by atoms with Gasteiger partial charge in [0, 0.05) is 6.54 Å². The summed E-state index contributed by atoms with van der Waals surface area (Å²) in [6, 6.07) is 0. The van der Waals surface area contributed by atoms with Gasteiger partial charge in [0.25, 0.3) is 0 Å². The molecule has 1 unspecified atom stereocenters. The van der Waals surface area contributed by atoms with E-state index in [4.69, 9.17) is 5.73 Å². The zero-order chi connectivity index (χ0) is 10.5. The second kappa shape index (κ2) is 5.00. The van der Waals surface area contributed by atoms with Gasteiger partial charge in [-0.1, -0.05) is 0 Å². The Kier molecular flexibility index (Phi) is 4.67. The number of hydrogen-bond donors (Lipinski definition) is 4. The van der Waals surface area contributed by atoms with E-state index in [0.717, 1.165) is 0 Å². The quantitative estimate of drug-likeness (QED) is 0.335. The third kappa shape index (κ3) is 5.39. The van der Waals surface area contributed by atoms with E-state index in [0.29, 0.717) is 0 Å². The summed E-state index contributed by atoms with van der Waals surface area (Å²) in [6.45, 7) is 0.234. The highest BCUT2D eigenvalue weighted by Gasteiger charge is 2.38. The van der Waals surface area contributed by atoms with Gasteiger partial charge in [-0.15, -0.1) is 0 Å². The lowest BCUT2D eigenvalue weighted by atomic mass is 10.5. The van der Waals surface area contributed by atoms with Crippen molar-refractivity contribution in [2.24, 2.45) is 5.73 Å². The number of halogens is 3. The van der Waals surface area contributed by atoms with Crippen LogP contribution in [0.2, 0.25) is 0 Å². The number of hydrazine groups is 1. The highest BCUT2D eigenvalue weighted by molar-refractivity contribution is 5.81. The third-order valence-electron chi connectivity index (χ3n) is 1.05. The van der Waals surface area contributed by atoms with Gasteiger partial charge in [0.15, 0.2) is 0 Å². The van der Waals surface area contributed by atoms with Crippen molar-refractivity contribution in [1.29, 1.82) is 0 Å². The molecule has 0 radical (unpaired) electrons. The number of carbonyl (C=O) groups is 1. The molecule has 13 heavy (non-hydrogen) atoms. The fraction of sp³-hybridized carbons (Fsp3) is 0.800. The van der Waals surface area contributed by atoms with Crippen molar-refractivity contribution in [2.45, 2.75) is 12.3 Å². The highest BCUT2D eigenvalue weighted by atomic mass is 19.4. The number of likely N-dealkylation sites (N-methyl/N-ethyl adjacent to an activating group) is 1. The Balaban J connectivity index is 3.71. The molecule has 0 bridgehead atoms. The molecule has 1 atom stereocenters. The number of rotatable bonds is 4. The van der Waals surface area contributed by atoms with Crippen molar-refractivity contribution in [1.82, 2.24) is 16.2 Å². The Hall–Kier alpha value is -0.860. The van der Waals surface area contributed by atoms with Gasteiger partial charge in [-0.25, -0.2) is 5.43 Å².